The number of carbonyl (C=O) groups excluding carboxylic acids is 1. The average molecular weight is 331 g/mol. The molecule has 0 aliphatic carbocycles. The van der Waals surface area contributed by atoms with Gasteiger partial charge in [0, 0.05) is 30.8 Å². The first-order valence-electron chi connectivity index (χ1n) is 7.74. The first-order valence-corrected chi connectivity index (χ1v) is 8.11. The molecule has 0 bridgehead atoms. The Morgan fingerprint density at radius 2 is 1.91 bits per heavy atom. The zero-order valence-electron chi connectivity index (χ0n) is 13.0. The molecule has 0 unspecified atom stereocenters. The normalized spacial score (nSPS) is 15.5. The van der Waals surface area contributed by atoms with E-state index in [0.29, 0.717) is 16.5 Å². The minimum absolute atomic E-state index is 0.00928. The van der Waals surface area contributed by atoms with Crippen molar-refractivity contribution in [1.82, 2.24) is 15.3 Å². The van der Waals surface area contributed by atoms with Gasteiger partial charge in [0.25, 0.3) is 5.91 Å². The molecule has 0 spiro atoms. The molecule has 1 aromatic heterocycles. The van der Waals surface area contributed by atoms with E-state index >= 15 is 0 Å². The molecule has 2 aromatic rings. The summed E-state index contributed by atoms with van der Waals surface area (Å²) in [4.78, 5) is 22.9. The van der Waals surface area contributed by atoms with Gasteiger partial charge in [-0.1, -0.05) is 29.8 Å². The van der Waals surface area contributed by atoms with Gasteiger partial charge in [0.15, 0.2) is 0 Å². The fraction of sp³-hybridized carbons (Fsp3) is 0.353. The number of hydrogen-bond donors (Lipinski definition) is 1. The topological polar surface area (TPSA) is 58.1 Å². The summed E-state index contributed by atoms with van der Waals surface area (Å²) in [5, 5.41) is 3.57. The smallest absolute Gasteiger partial charge is 0.251 e. The average Bonchev–Trinajstić information content (AvgIpc) is 2.55. The number of aryl methyl sites for hydroxylation is 1. The van der Waals surface area contributed by atoms with Crippen LogP contribution in [0.2, 0.25) is 5.15 Å². The molecule has 1 N–H and O–H groups in total. The minimum atomic E-state index is -0.00928. The Labute approximate surface area is 140 Å². The minimum Gasteiger partial charge on any atom is -0.356 e. The predicted octanol–water partition coefficient (Wildman–Crippen LogP) is 2.84. The summed E-state index contributed by atoms with van der Waals surface area (Å²) in [7, 11) is 0. The van der Waals surface area contributed by atoms with E-state index in [1.165, 1.54) is 0 Å². The second kappa shape index (κ2) is 6.96. The second-order valence-electron chi connectivity index (χ2n) is 5.70. The Hall–Kier alpha value is -2.14. The molecule has 3 rings (SSSR count). The lowest BCUT2D eigenvalue weighted by Crippen LogP contribution is -2.45. The predicted molar refractivity (Wildman–Crippen MR) is 90.9 cm³/mol. The number of rotatable bonds is 3. The highest BCUT2D eigenvalue weighted by Gasteiger charge is 2.22. The van der Waals surface area contributed by atoms with Crippen molar-refractivity contribution in [3.8, 4) is 0 Å². The van der Waals surface area contributed by atoms with E-state index in [-0.39, 0.29) is 11.9 Å². The van der Waals surface area contributed by atoms with E-state index in [4.69, 9.17) is 11.6 Å². The van der Waals surface area contributed by atoms with Crippen LogP contribution >= 0.6 is 11.6 Å². The number of benzene rings is 1. The Bertz CT molecular complexity index is 664. The van der Waals surface area contributed by atoms with Crippen LogP contribution < -0.4 is 10.2 Å². The third-order valence-electron chi connectivity index (χ3n) is 3.98. The van der Waals surface area contributed by atoms with Crippen molar-refractivity contribution in [2.24, 2.45) is 0 Å². The maximum atomic E-state index is 12.2. The van der Waals surface area contributed by atoms with Crippen molar-refractivity contribution in [3.05, 3.63) is 52.9 Å². The number of nitrogens with zero attached hydrogens (tertiary/aromatic N) is 3. The molecule has 6 heteroatoms. The fourth-order valence-corrected chi connectivity index (χ4v) is 3.01. The van der Waals surface area contributed by atoms with E-state index in [1.54, 1.807) is 6.07 Å². The van der Waals surface area contributed by atoms with Crippen molar-refractivity contribution in [2.45, 2.75) is 25.8 Å². The molecule has 5 nitrogen and oxygen atoms in total. The molecule has 1 fully saturated rings. The van der Waals surface area contributed by atoms with Gasteiger partial charge in [-0.05, 0) is 31.9 Å². The van der Waals surface area contributed by atoms with Crippen LogP contribution in [-0.2, 0) is 0 Å². The molecule has 1 aliphatic heterocycles. The molecule has 1 amide bonds. The summed E-state index contributed by atoms with van der Waals surface area (Å²) < 4.78 is 0. The SMILES string of the molecule is Cc1nc(Cl)cc(N2CCC(NC(=O)c3ccccc3)CC2)n1. The van der Waals surface area contributed by atoms with Crippen LogP contribution in [0.1, 0.15) is 29.0 Å². The number of aromatic nitrogens is 2. The standard InChI is InChI=1S/C17H19ClN4O/c1-12-19-15(18)11-16(20-12)22-9-7-14(8-10-22)21-17(23)13-5-3-2-4-6-13/h2-6,11,14H,7-10H2,1H3,(H,21,23). The molecule has 0 atom stereocenters. The number of hydrogen-bond acceptors (Lipinski definition) is 4. The lowest BCUT2D eigenvalue weighted by atomic mass is 10.0. The van der Waals surface area contributed by atoms with Gasteiger partial charge in [0.2, 0.25) is 0 Å². The summed E-state index contributed by atoms with van der Waals surface area (Å²) in [5.74, 6) is 1.52. The molecule has 1 aliphatic rings. The summed E-state index contributed by atoms with van der Waals surface area (Å²) >= 11 is 6.00. The molecular formula is C17H19ClN4O. The van der Waals surface area contributed by atoms with E-state index in [0.717, 1.165) is 31.7 Å². The van der Waals surface area contributed by atoms with Gasteiger partial charge < -0.3 is 10.2 Å². The maximum Gasteiger partial charge on any atom is 0.251 e. The largest absolute Gasteiger partial charge is 0.356 e. The van der Waals surface area contributed by atoms with Gasteiger partial charge in [-0.25, -0.2) is 9.97 Å². The highest BCUT2D eigenvalue weighted by atomic mass is 35.5. The lowest BCUT2D eigenvalue weighted by molar-refractivity contribution is 0.0931. The van der Waals surface area contributed by atoms with E-state index in [9.17, 15) is 4.79 Å². The molecule has 2 heterocycles. The number of carbonyl (C=O) groups is 1. The molecule has 0 saturated carbocycles. The van der Waals surface area contributed by atoms with Gasteiger partial charge >= 0.3 is 0 Å². The molecule has 0 radical (unpaired) electrons. The zero-order chi connectivity index (χ0) is 16.2. The van der Waals surface area contributed by atoms with Crippen LogP contribution in [0.4, 0.5) is 5.82 Å². The first kappa shape index (κ1) is 15.7. The maximum absolute atomic E-state index is 12.2. The molecule has 120 valence electrons. The third-order valence-corrected chi connectivity index (χ3v) is 4.18. The van der Waals surface area contributed by atoms with Crippen LogP contribution in [0, 0.1) is 6.92 Å². The summed E-state index contributed by atoms with van der Waals surface area (Å²) in [6.45, 7) is 3.52. The van der Waals surface area contributed by atoms with Gasteiger partial charge in [-0.2, -0.15) is 0 Å². The molecule has 1 saturated heterocycles. The van der Waals surface area contributed by atoms with Crippen LogP contribution in [0.3, 0.4) is 0 Å². The number of amides is 1. The van der Waals surface area contributed by atoms with Crippen molar-refractivity contribution < 1.29 is 4.79 Å². The number of anilines is 1. The Morgan fingerprint density at radius 3 is 2.57 bits per heavy atom. The Morgan fingerprint density at radius 1 is 1.22 bits per heavy atom. The van der Waals surface area contributed by atoms with Crippen LogP contribution in [-0.4, -0.2) is 35.0 Å². The molecular weight excluding hydrogens is 312 g/mol. The molecule has 1 aromatic carbocycles. The Balaban J connectivity index is 1.57. The highest BCUT2D eigenvalue weighted by molar-refractivity contribution is 6.29. The lowest BCUT2D eigenvalue weighted by Gasteiger charge is -2.33. The van der Waals surface area contributed by atoms with Crippen molar-refractivity contribution in [3.63, 3.8) is 0 Å². The fourth-order valence-electron chi connectivity index (χ4n) is 2.79. The summed E-state index contributed by atoms with van der Waals surface area (Å²) in [6, 6.07) is 11.3. The van der Waals surface area contributed by atoms with Crippen LogP contribution in [0.25, 0.3) is 0 Å². The molecule has 23 heavy (non-hydrogen) atoms. The highest BCUT2D eigenvalue weighted by Crippen LogP contribution is 2.20. The van der Waals surface area contributed by atoms with Gasteiger partial charge in [-0.3, -0.25) is 4.79 Å². The van der Waals surface area contributed by atoms with Crippen molar-refractivity contribution in [1.29, 1.82) is 0 Å². The van der Waals surface area contributed by atoms with Gasteiger partial charge in [0.1, 0.15) is 16.8 Å². The van der Waals surface area contributed by atoms with Crippen LogP contribution in [0.5, 0.6) is 0 Å². The van der Waals surface area contributed by atoms with Gasteiger partial charge in [-0.15, -0.1) is 0 Å². The third kappa shape index (κ3) is 3.99. The monoisotopic (exact) mass is 330 g/mol. The zero-order valence-corrected chi connectivity index (χ0v) is 13.8. The second-order valence-corrected chi connectivity index (χ2v) is 6.08. The quantitative estimate of drug-likeness (QED) is 0.879. The van der Waals surface area contributed by atoms with E-state index in [2.05, 4.69) is 20.2 Å². The summed E-state index contributed by atoms with van der Waals surface area (Å²) in [5.41, 5.74) is 0.702. The number of piperidine rings is 1. The van der Waals surface area contributed by atoms with Gasteiger partial charge in [0.05, 0.1) is 0 Å². The summed E-state index contributed by atoms with van der Waals surface area (Å²) in [6.07, 6.45) is 1.78. The number of halogens is 1. The van der Waals surface area contributed by atoms with E-state index in [1.807, 2.05) is 37.3 Å². The van der Waals surface area contributed by atoms with Crippen molar-refractivity contribution >= 4 is 23.3 Å². The Kier molecular flexibility index (Phi) is 4.76. The first-order chi connectivity index (χ1) is 11.1. The van der Waals surface area contributed by atoms with Crippen LogP contribution in [0.15, 0.2) is 36.4 Å². The number of nitrogens with one attached hydrogen (secondary N) is 1. The van der Waals surface area contributed by atoms with Crippen molar-refractivity contribution in [2.75, 3.05) is 18.0 Å². The van der Waals surface area contributed by atoms with E-state index < -0.39 is 0 Å².